The van der Waals surface area contributed by atoms with E-state index in [1.165, 1.54) is 0 Å². The second-order valence-electron chi connectivity index (χ2n) is 5.47. The molecule has 0 aliphatic rings. The molecule has 0 aliphatic heterocycles. The highest BCUT2D eigenvalue weighted by Gasteiger charge is 2.30. The molecule has 1 unspecified atom stereocenters. The minimum absolute atomic E-state index is 0.286. The van der Waals surface area contributed by atoms with Crippen LogP contribution in [0.25, 0.3) is 0 Å². The van der Waals surface area contributed by atoms with Crippen LogP contribution in [0.1, 0.15) is 36.8 Å². The van der Waals surface area contributed by atoms with Crippen LogP contribution >= 0.6 is 0 Å². The zero-order valence-corrected chi connectivity index (χ0v) is 12.9. The molecule has 1 heterocycles. The summed E-state index contributed by atoms with van der Waals surface area (Å²) in [6.45, 7) is 5.88. The van der Waals surface area contributed by atoms with E-state index >= 15 is 0 Å². The fourth-order valence-electron chi connectivity index (χ4n) is 2.28. The summed E-state index contributed by atoms with van der Waals surface area (Å²) >= 11 is 0. The zero-order valence-electron chi connectivity index (χ0n) is 12.0. The van der Waals surface area contributed by atoms with Gasteiger partial charge in [-0.05, 0) is 37.5 Å². The van der Waals surface area contributed by atoms with Crippen LogP contribution in [0.5, 0.6) is 0 Å². The maximum atomic E-state index is 12.8. The van der Waals surface area contributed by atoms with Crippen LogP contribution < -0.4 is 0 Å². The van der Waals surface area contributed by atoms with E-state index in [1.807, 2.05) is 32.9 Å². The van der Waals surface area contributed by atoms with Crippen LogP contribution in [0.15, 0.2) is 52.0 Å². The number of hydrogen-bond acceptors (Lipinski definition) is 3. The summed E-state index contributed by atoms with van der Waals surface area (Å²) < 4.78 is 31.0. The maximum Gasteiger partial charge on any atom is 0.185 e. The van der Waals surface area contributed by atoms with Gasteiger partial charge in [0.1, 0.15) is 5.76 Å². The highest BCUT2D eigenvalue weighted by molar-refractivity contribution is 7.91. The van der Waals surface area contributed by atoms with Gasteiger partial charge in [0, 0.05) is 5.56 Å². The molecule has 0 saturated carbocycles. The highest BCUT2D eigenvalue weighted by atomic mass is 32.2. The zero-order chi connectivity index (χ0) is 14.8. The quantitative estimate of drug-likeness (QED) is 0.831. The van der Waals surface area contributed by atoms with Crippen molar-refractivity contribution in [2.45, 2.75) is 37.3 Å². The standard InChI is InChI=1S/C16H20O3S/c1-12(2)9-16(14-10-13(3)19-11-14)20(17,18)15-7-5-4-6-8-15/h4-8,10-12,16H,9H2,1-3H3. The van der Waals surface area contributed by atoms with Crippen molar-refractivity contribution in [3.63, 3.8) is 0 Å². The van der Waals surface area contributed by atoms with E-state index in [9.17, 15) is 8.42 Å². The lowest BCUT2D eigenvalue weighted by Crippen LogP contribution is -2.15. The largest absolute Gasteiger partial charge is 0.469 e. The summed E-state index contributed by atoms with van der Waals surface area (Å²) in [6, 6.07) is 10.4. The molecule has 0 fully saturated rings. The maximum absolute atomic E-state index is 12.8. The monoisotopic (exact) mass is 292 g/mol. The first kappa shape index (κ1) is 14.9. The van der Waals surface area contributed by atoms with Gasteiger partial charge in [0.2, 0.25) is 0 Å². The van der Waals surface area contributed by atoms with Crippen molar-refractivity contribution < 1.29 is 12.8 Å². The molecule has 3 nitrogen and oxygen atoms in total. The molecule has 108 valence electrons. The van der Waals surface area contributed by atoms with Crippen molar-refractivity contribution in [2.75, 3.05) is 0 Å². The molecule has 0 amide bonds. The smallest absolute Gasteiger partial charge is 0.185 e. The van der Waals surface area contributed by atoms with E-state index in [4.69, 9.17) is 4.42 Å². The number of sulfone groups is 1. The fraction of sp³-hybridized carbons (Fsp3) is 0.375. The molecule has 2 aromatic rings. The Kier molecular flexibility index (Phi) is 4.33. The van der Waals surface area contributed by atoms with Crippen LogP contribution in [0.2, 0.25) is 0 Å². The van der Waals surface area contributed by atoms with E-state index in [0.29, 0.717) is 11.3 Å². The Morgan fingerprint density at radius 2 is 1.80 bits per heavy atom. The van der Waals surface area contributed by atoms with Crippen LogP contribution in [-0.2, 0) is 9.84 Å². The molecule has 1 aromatic carbocycles. The Morgan fingerprint density at radius 3 is 2.30 bits per heavy atom. The van der Waals surface area contributed by atoms with E-state index in [2.05, 4.69) is 0 Å². The molecule has 0 saturated heterocycles. The number of hydrogen-bond donors (Lipinski definition) is 0. The lowest BCUT2D eigenvalue weighted by atomic mass is 10.0. The molecule has 4 heteroatoms. The molecule has 1 aromatic heterocycles. The number of aryl methyl sites for hydroxylation is 1. The van der Waals surface area contributed by atoms with Crippen molar-refractivity contribution in [3.05, 3.63) is 54.0 Å². The Hall–Kier alpha value is -1.55. The minimum atomic E-state index is -3.40. The molecule has 0 spiro atoms. The average molecular weight is 292 g/mol. The van der Waals surface area contributed by atoms with Crippen LogP contribution in [0.3, 0.4) is 0 Å². The molecular weight excluding hydrogens is 272 g/mol. The predicted molar refractivity (Wildman–Crippen MR) is 79.3 cm³/mol. The number of rotatable bonds is 5. The van der Waals surface area contributed by atoms with E-state index in [-0.39, 0.29) is 5.92 Å². The lowest BCUT2D eigenvalue weighted by Gasteiger charge is -2.18. The third-order valence-electron chi connectivity index (χ3n) is 3.25. The van der Waals surface area contributed by atoms with Crippen LogP contribution in [0.4, 0.5) is 0 Å². The first-order valence-electron chi connectivity index (χ1n) is 6.75. The van der Waals surface area contributed by atoms with Gasteiger partial charge in [-0.1, -0.05) is 32.0 Å². The molecule has 0 N–H and O–H groups in total. The third-order valence-corrected chi connectivity index (χ3v) is 5.40. The minimum Gasteiger partial charge on any atom is -0.469 e. The van der Waals surface area contributed by atoms with Gasteiger partial charge >= 0.3 is 0 Å². The summed E-state index contributed by atoms with van der Waals surface area (Å²) in [5.74, 6) is 1.02. The second kappa shape index (κ2) is 5.83. The Morgan fingerprint density at radius 1 is 1.15 bits per heavy atom. The molecule has 0 radical (unpaired) electrons. The van der Waals surface area contributed by atoms with Gasteiger partial charge in [0.15, 0.2) is 9.84 Å². The van der Waals surface area contributed by atoms with Gasteiger partial charge in [-0.2, -0.15) is 0 Å². The van der Waals surface area contributed by atoms with Gasteiger partial charge in [-0.3, -0.25) is 0 Å². The summed E-state index contributed by atoms with van der Waals surface area (Å²) in [4.78, 5) is 0.365. The molecule has 1 atom stereocenters. The molecule has 0 bridgehead atoms. The van der Waals surface area contributed by atoms with Gasteiger partial charge in [0.05, 0.1) is 16.4 Å². The predicted octanol–water partition coefficient (Wildman–Crippen LogP) is 4.15. The Bertz CT molecular complexity index is 654. The number of furan rings is 1. The summed E-state index contributed by atoms with van der Waals surface area (Å²) in [5.41, 5.74) is 0.736. The average Bonchev–Trinajstić information content (AvgIpc) is 2.83. The van der Waals surface area contributed by atoms with E-state index in [1.54, 1.807) is 30.5 Å². The topological polar surface area (TPSA) is 47.3 Å². The lowest BCUT2D eigenvalue weighted by molar-refractivity contribution is 0.514. The summed E-state index contributed by atoms with van der Waals surface area (Å²) in [7, 11) is -3.40. The van der Waals surface area contributed by atoms with Crippen molar-refractivity contribution in [1.29, 1.82) is 0 Å². The van der Waals surface area contributed by atoms with Gasteiger partial charge in [0.25, 0.3) is 0 Å². The van der Waals surface area contributed by atoms with Crippen molar-refractivity contribution in [3.8, 4) is 0 Å². The second-order valence-corrected chi connectivity index (χ2v) is 7.60. The van der Waals surface area contributed by atoms with Crippen LogP contribution in [0, 0.1) is 12.8 Å². The molecule has 0 aliphatic carbocycles. The van der Waals surface area contributed by atoms with Crippen molar-refractivity contribution in [1.82, 2.24) is 0 Å². The molecule has 20 heavy (non-hydrogen) atoms. The summed E-state index contributed by atoms with van der Waals surface area (Å²) in [5, 5.41) is -0.553. The normalized spacial score (nSPS) is 13.6. The van der Waals surface area contributed by atoms with E-state index in [0.717, 1.165) is 11.3 Å². The van der Waals surface area contributed by atoms with Crippen molar-refractivity contribution in [2.24, 2.45) is 5.92 Å². The fourth-order valence-corrected chi connectivity index (χ4v) is 4.26. The molecular formula is C16H20O3S. The van der Waals surface area contributed by atoms with Gasteiger partial charge < -0.3 is 4.42 Å². The summed E-state index contributed by atoms with van der Waals surface area (Å²) in [6.07, 6.45) is 2.14. The Balaban J connectivity index is 2.46. The van der Waals surface area contributed by atoms with Gasteiger partial charge in [-0.15, -0.1) is 0 Å². The molecule has 2 rings (SSSR count). The highest BCUT2D eigenvalue weighted by Crippen LogP contribution is 2.35. The Labute approximate surface area is 120 Å². The third kappa shape index (κ3) is 3.12. The SMILES string of the molecule is Cc1cc(C(CC(C)C)S(=O)(=O)c2ccccc2)co1. The van der Waals surface area contributed by atoms with Crippen molar-refractivity contribution >= 4 is 9.84 Å². The first-order chi connectivity index (χ1) is 9.41. The van der Waals surface area contributed by atoms with E-state index < -0.39 is 15.1 Å². The van der Waals surface area contributed by atoms with Crippen LogP contribution in [-0.4, -0.2) is 8.42 Å². The first-order valence-corrected chi connectivity index (χ1v) is 8.30. The van der Waals surface area contributed by atoms with Gasteiger partial charge in [-0.25, -0.2) is 8.42 Å². The number of benzene rings is 1.